The molecule has 0 radical (unpaired) electrons. The highest BCUT2D eigenvalue weighted by atomic mass is 32.2. The predicted molar refractivity (Wildman–Crippen MR) is 69.5 cm³/mol. The highest BCUT2D eigenvalue weighted by molar-refractivity contribution is 7.99. The van der Waals surface area contributed by atoms with E-state index in [1.807, 2.05) is 30.6 Å². The van der Waals surface area contributed by atoms with Gasteiger partial charge in [0.05, 0.1) is 6.42 Å². The second-order valence-electron chi connectivity index (χ2n) is 3.87. The molecule has 0 unspecified atom stereocenters. The van der Waals surface area contributed by atoms with E-state index in [-0.39, 0.29) is 6.42 Å². The number of carboxylic acid groups (broad SMARTS) is 1. The Morgan fingerprint density at radius 3 is 2.83 bits per heavy atom. The van der Waals surface area contributed by atoms with Crippen LogP contribution in [0.15, 0.2) is 47.9 Å². The maximum Gasteiger partial charge on any atom is 0.316 e. The molecule has 2 rings (SSSR count). The molecule has 0 aliphatic rings. The minimum atomic E-state index is -0.760. The molecule has 0 bridgehead atoms. The average Bonchev–Trinajstić information content (AvgIpc) is 2.78. The molecule has 4 nitrogen and oxygen atoms in total. The van der Waals surface area contributed by atoms with E-state index in [1.165, 1.54) is 17.3 Å². The molecule has 1 aromatic heterocycles. The number of rotatable bonds is 6. The highest BCUT2D eigenvalue weighted by Gasteiger charge is 2.12. The topological polar surface area (TPSA) is 57.0 Å². The molecule has 2 N–H and O–H groups in total. The zero-order valence-electron chi connectivity index (χ0n) is 9.87. The van der Waals surface area contributed by atoms with Crippen molar-refractivity contribution in [2.75, 3.05) is 5.75 Å². The molecular weight excluding hydrogens is 248 g/mol. The summed E-state index contributed by atoms with van der Waals surface area (Å²) in [5.41, 5.74) is 1.22. The van der Waals surface area contributed by atoms with E-state index in [4.69, 9.17) is 5.11 Å². The van der Waals surface area contributed by atoms with Gasteiger partial charge in [-0.15, -0.1) is 0 Å². The highest BCUT2D eigenvalue weighted by Crippen LogP contribution is 2.12. The van der Waals surface area contributed by atoms with Gasteiger partial charge in [-0.05, 0) is 17.3 Å². The summed E-state index contributed by atoms with van der Waals surface area (Å²) in [6.45, 7) is 0.791. The summed E-state index contributed by atoms with van der Waals surface area (Å²) in [4.78, 5) is 13.6. The standard InChI is InChI=1S/C13H14N2O2S/c16-12(17)6-9-18-13-14-7-8-15(13)10-11-4-2-1-3-5-11/h1-5,7-8H,6,9-10H2,(H,16,17)/p+1. The van der Waals surface area contributed by atoms with Gasteiger partial charge >= 0.3 is 11.1 Å². The fourth-order valence-corrected chi connectivity index (χ4v) is 2.53. The third-order valence-corrected chi connectivity index (χ3v) is 3.51. The van der Waals surface area contributed by atoms with Gasteiger partial charge in [0.2, 0.25) is 0 Å². The lowest BCUT2D eigenvalue weighted by Crippen LogP contribution is -2.34. The summed E-state index contributed by atoms with van der Waals surface area (Å²) in [5.74, 6) is -0.186. The summed E-state index contributed by atoms with van der Waals surface area (Å²) in [7, 11) is 0. The van der Waals surface area contributed by atoms with Crippen LogP contribution in [0.3, 0.4) is 0 Å². The minimum Gasteiger partial charge on any atom is -0.481 e. The van der Waals surface area contributed by atoms with Crippen LogP contribution >= 0.6 is 11.8 Å². The van der Waals surface area contributed by atoms with Crippen molar-refractivity contribution in [3.8, 4) is 0 Å². The Morgan fingerprint density at radius 2 is 2.11 bits per heavy atom. The molecule has 18 heavy (non-hydrogen) atoms. The van der Waals surface area contributed by atoms with Gasteiger partial charge in [-0.3, -0.25) is 4.79 Å². The fraction of sp³-hybridized carbons (Fsp3) is 0.231. The first-order chi connectivity index (χ1) is 8.75. The molecule has 0 atom stereocenters. The second-order valence-corrected chi connectivity index (χ2v) is 4.95. The van der Waals surface area contributed by atoms with Gasteiger partial charge in [-0.25, -0.2) is 9.55 Å². The molecule has 0 fully saturated rings. The molecule has 0 saturated carbocycles. The van der Waals surface area contributed by atoms with E-state index in [1.54, 1.807) is 0 Å². The Labute approximate surface area is 110 Å². The van der Waals surface area contributed by atoms with Crippen LogP contribution < -0.4 is 4.57 Å². The van der Waals surface area contributed by atoms with Crippen molar-refractivity contribution < 1.29 is 14.5 Å². The molecule has 0 aliphatic carbocycles. The van der Waals surface area contributed by atoms with Crippen molar-refractivity contribution in [2.24, 2.45) is 0 Å². The number of thioether (sulfide) groups is 1. The number of hydrogen-bond donors (Lipinski definition) is 2. The van der Waals surface area contributed by atoms with Gasteiger partial charge in [-0.2, -0.15) is 0 Å². The van der Waals surface area contributed by atoms with Crippen LogP contribution in [0.4, 0.5) is 0 Å². The third kappa shape index (κ3) is 3.63. The quantitative estimate of drug-likeness (QED) is 0.618. The van der Waals surface area contributed by atoms with Crippen molar-refractivity contribution in [1.29, 1.82) is 0 Å². The number of carbonyl (C=O) groups is 1. The lowest BCUT2D eigenvalue weighted by molar-refractivity contribution is -0.723. The minimum absolute atomic E-state index is 0.176. The van der Waals surface area contributed by atoms with Crippen molar-refractivity contribution >= 4 is 17.7 Å². The van der Waals surface area contributed by atoms with Gasteiger partial charge in [0.15, 0.2) is 0 Å². The summed E-state index contributed by atoms with van der Waals surface area (Å²) in [6.07, 6.45) is 4.01. The van der Waals surface area contributed by atoms with Gasteiger partial charge in [0.1, 0.15) is 18.9 Å². The number of nitrogens with zero attached hydrogens (tertiary/aromatic N) is 1. The number of aromatic nitrogens is 2. The molecule has 0 amide bonds. The van der Waals surface area contributed by atoms with Gasteiger partial charge in [0.25, 0.3) is 0 Å². The summed E-state index contributed by atoms with van der Waals surface area (Å²) >= 11 is 1.53. The zero-order chi connectivity index (χ0) is 12.8. The van der Waals surface area contributed by atoms with Crippen LogP contribution in [0.2, 0.25) is 0 Å². The van der Waals surface area contributed by atoms with Crippen LogP contribution in [0.25, 0.3) is 0 Å². The predicted octanol–water partition coefficient (Wildman–Crippen LogP) is 1.92. The number of carboxylic acids is 1. The molecule has 0 spiro atoms. The first-order valence-electron chi connectivity index (χ1n) is 5.71. The number of aromatic amines is 1. The van der Waals surface area contributed by atoms with Crippen LogP contribution in [-0.4, -0.2) is 21.8 Å². The summed E-state index contributed by atoms with van der Waals surface area (Å²) < 4.78 is 2.09. The van der Waals surface area contributed by atoms with E-state index in [0.717, 1.165) is 11.7 Å². The second kappa shape index (κ2) is 6.26. The van der Waals surface area contributed by atoms with Crippen LogP contribution in [-0.2, 0) is 11.3 Å². The van der Waals surface area contributed by atoms with Gasteiger partial charge in [-0.1, -0.05) is 30.3 Å². The lowest BCUT2D eigenvalue weighted by Gasteiger charge is -2.00. The number of hydrogen-bond acceptors (Lipinski definition) is 2. The summed E-state index contributed by atoms with van der Waals surface area (Å²) in [6, 6.07) is 10.2. The first kappa shape index (κ1) is 12.7. The van der Waals surface area contributed by atoms with Crippen LogP contribution in [0, 0.1) is 0 Å². The Balaban J connectivity index is 1.97. The van der Waals surface area contributed by atoms with E-state index >= 15 is 0 Å². The van der Waals surface area contributed by atoms with Crippen molar-refractivity contribution in [1.82, 2.24) is 4.98 Å². The van der Waals surface area contributed by atoms with Gasteiger partial charge in [0, 0.05) is 5.75 Å². The van der Waals surface area contributed by atoms with E-state index in [9.17, 15) is 4.79 Å². The van der Waals surface area contributed by atoms with Crippen molar-refractivity contribution in [3.05, 3.63) is 48.3 Å². The SMILES string of the molecule is O=C(O)CCSc1[nH]cc[n+]1Cc1ccccc1. The first-order valence-corrected chi connectivity index (χ1v) is 6.69. The van der Waals surface area contributed by atoms with E-state index in [2.05, 4.69) is 21.7 Å². The maximum atomic E-state index is 10.5. The number of imidazole rings is 1. The maximum absolute atomic E-state index is 10.5. The van der Waals surface area contributed by atoms with Gasteiger partial charge < -0.3 is 5.11 Å². The Morgan fingerprint density at radius 1 is 1.33 bits per heavy atom. The molecule has 1 aromatic carbocycles. The molecule has 5 heteroatoms. The van der Waals surface area contributed by atoms with Crippen molar-refractivity contribution in [3.63, 3.8) is 0 Å². The number of nitrogens with one attached hydrogen (secondary N) is 1. The molecule has 1 heterocycles. The van der Waals surface area contributed by atoms with E-state index < -0.39 is 5.97 Å². The number of aliphatic carboxylic acids is 1. The molecule has 0 aliphatic heterocycles. The Bertz CT molecular complexity index is 511. The molecule has 0 saturated heterocycles. The zero-order valence-corrected chi connectivity index (χ0v) is 10.7. The third-order valence-electron chi connectivity index (χ3n) is 2.47. The monoisotopic (exact) mass is 263 g/mol. The number of H-pyrrole nitrogens is 1. The van der Waals surface area contributed by atoms with E-state index in [0.29, 0.717) is 5.75 Å². The largest absolute Gasteiger partial charge is 0.481 e. The fourth-order valence-electron chi connectivity index (χ4n) is 1.61. The molecular formula is C13H15N2O2S+. The molecule has 2 aromatic rings. The van der Waals surface area contributed by atoms with Crippen LogP contribution in [0.5, 0.6) is 0 Å². The average molecular weight is 263 g/mol. The van der Waals surface area contributed by atoms with Crippen molar-refractivity contribution in [2.45, 2.75) is 18.1 Å². The summed E-state index contributed by atoms with van der Waals surface area (Å²) in [5, 5.41) is 9.60. The smallest absolute Gasteiger partial charge is 0.316 e. The normalized spacial score (nSPS) is 10.4. The number of benzene rings is 1. The lowest BCUT2D eigenvalue weighted by atomic mass is 10.2. The molecule has 94 valence electrons. The van der Waals surface area contributed by atoms with Crippen LogP contribution in [0.1, 0.15) is 12.0 Å². The Kier molecular flexibility index (Phi) is 4.41. The Hall–Kier alpha value is -1.75.